The number of ether oxygens (including phenoxy) is 2. The Hall–Kier alpha value is -1.84. The molecule has 0 radical (unpaired) electrons. The Morgan fingerprint density at radius 3 is 2.07 bits per heavy atom. The quantitative estimate of drug-likeness (QED) is 0.163. The number of carbonyl (C=O) groups is 2. The maximum atomic E-state index is 11.9. The number of carbonyl (C=O) groups excluding carboxylic acids is 2. The van der Waals surface area contributed by atoms with Crippen LogP contribution in [-0.2, 0) is 20.7 Å². The molecule has 0 atom stereocenters. The maximum absolute atomic E-state index is 11.9. The van der Waals surface area contributed by atoms with E-state index in [0.717, 1.165) is 57.8 Å². The third kappa shape index (κ3) is 13.9. The highest BCUT2D eigenvalue weighted by Crippen LogP contribution is 2.15. The molecule has 0 fully saturated rings. The third-order valence-corrected chi connectivity index (χ3v) is 5.06. The van der Waals surface area contributed by atoms with Gasteiger partial charge in [-0.3, -0.25) is 9.59 Å². The highest BCUT2D eigenvalue weighted by molar-refractivity contribution is 5.72. The van der Waals surface area contributed by atoms with Gasteiger partial charge in [0, 0.05) is 12.8 Å². The lowest BCUT2D eigenvalue weighted by atomic mass is 10.1. The summed E-state index contributed by atoms with van der Waals surface area (Å²) in [6.07, 6.45) is 13.8. The minimum Gasteiger partial charge on any atom is -0.466 e. The van der Waals surface area contributed by atoms with Crippen LogP contribution in [0.1, 0.15) is 103 Å². The van der Waals surface area contributed by atoms with Gasteiger partial charge in [-0.2, -0.15) is 0 Å². The molecule has 0 unspecified atom stereocenters. The number of hydrogen-bond acceptors (Lipinski definition) is 4. The lowest BCUT2D eigenvalue weighted by molar-refractivity contribution is -0.144. The van der Waals surface area contributed by atoms with Gasteiger partial charge in [0.05, 0.1) is 6.61 Å². The lowest BCUT2D eigenvalue weighted by Crippen LogP contribution is -2.07. The second kappa shape index (κ2) is 17.1. The largest absolute Gasteiger partial charge is 0.466 e. The zero-order valence-corrected chi connectivity index (χ0v) is 18.5. The van der Waals surface area contributed by atoms with E-state index in [1.165, 1.54) is 24.8 Å². The SMILES string of the molecule is CCCCCCCOC(=O)CCCCCCCCC(=O)Oc1cccc(CC)c1. The molecule has 1 aromatic rings. The van der Waals surface area contributed by atoms with Crippen LogP contribution in [0.2, 0.25) is 0 Å². The summed E-state index contributed by atoms with van der Waals surface area (Å²) >= 11 is 0. The minimum absolute atomic E-state index is 0.0598. The Bertz CT molecular complexity index is 568. The van der Waals surface area contributed by atoms with E-state index in [9.17, 15) is 9.59 Å². The van der Waals surface area contributed by atoms with E-state index in [4.69, 9.17) is 9.47 Å². The van der Waals surface area contributed by atoms with Crippen molar-refractivity contribution in [3.63, 3.8) is 0 Å². The first kappa shape index (κ1) is 25.2. The molecule has 0 N–H and O–H groups in total. The highest BCUT2D eigenvalue weighted by atomic mass is 16.5. The smallest absolute Gasteiger partial charge is 0.311 e. The summed E-state index contributed by atoms with van der Waals surface area (Å²) in [5.74, 6) is 0.424. The van der Waals surface area contributed by atoms with Gasteiger partial charge in [-0.15, -0.1) is 0 Å². The fourth-order valence-corrected chi connectivity index (χ4v) is 3.22. The summed E-state index contributed by atoms with van der Waals surface area (Å²) in [6, 6.07) is 7.71. The monoisotopic (exact) mass is 404 g/mol. The van der Waals surface area contributed by atoms with Gasteiger partial charge in [0.15, 0.2) is 0 Å². The van der Waals surface area contributed by atoms with E-state index in [1.807, 2.05) is 24.3 Å². The molecule has 4 heteroatoms. The minimum atomic E-state index is -0.157. The summed E-state index contributed by atoms with van der Waals surface area (Å²) in [5.41, 5.74) is 1.17. The zero-order chi connectivity index (χ0) is 21.2. The topological polar surface area (TPSA) is 52.6 Å². The molecule has 0 aliphatic carbocycles. The molecule has 29 heavy (non-hydrogen) atoms. The highest BCUT2D eigenvalue weighted by Gasteiger charge is 2.06. The molecule has 0 aromatic heterocycles. The molecule has 1 rings (SSSR count). The summed E-state index contributed by atoms with van der Waals surface area (Å²) < 4.78 is 10.7. The average molecular weight is 405 g/mol. The molecule has 0 amide bonds. The standard InChI is InChI=1S/C25H40O4/c1-3-5-6-11-14-20-28-24(26)18-12-9-7-8-10-13-19-25(27)29-23-17-15-16-22(4-2)21-23/h15-17,21H,3-14,18-20H2,1-2H3. The summed E-state index contributed by atoms with van der Waals surface area (Å²) in [4.78, 5) is 23.6. The number of benzene rings is 1. The normalized spacial score (nSPS) is 10.7. The van der Waals surface area contributed by atoms with Crippen molar-refractivity contribution in [2.24, 2.45) is 0 Å². The molecule has 0 spiro atoms. The maximum Gasteiger partial charge on any atom is 0.311 e. The van der Waals surface area contributed by atoms with E-state index < -0.39 is 0 Å². The molecule has 0 aliphatic rings. The van der Waals surface area contributed by atoms with Crippen LogP contribution in [0.15, 0.2) is 24.3 Å². The van der Waals surface area contributed by atoms with Crippen LogP contribution < -0.4 is 4.74 Å². The first-order valence-electron chi connectivity index (χ1n) is 11.6. The first-order valence-corrected chi connectivity index (χ1v) is 11.6. The van der Waals surface area contributed by atoms with E-state index in [2.05, 4.69) is 13.8 Å². The van der Waals surface area contributed by atoms with Crippen molar-refractivity contribution in [3.05, 3.63) is 29.8 Å². The molecule has 0 bridgehead atoms. The van der Waals surface area contributed by atoms with Crippen molar-refractivity contribution < 1.29 is 19.1 Å². The van der Waals surface area contributed by atoms with Crippen LogP contribution >= 0.6 is 0 Å². The molecule has 164 valence electrons. The van der Waals surface area contributed by atoms with Crippen LogP contribution in [0.4, 0.5) is 0 Å². The van der Waals surface area contributed by atoms with Crippen LogP contribution in [-0.4, -0.2) is 18.5 Å². The van der Waals surface area contributed by atoms with Crippen LogP contribution in [0.5, 0.6) is 5.75 Å². The molecule has 0 saturated heterocycles. The molecule has 0 heterocycles. The second-order valence-electron chi connectivity index (χ2n) is 7.73. The Morgan fingerprint density at radius 1 is 0.759 bits per heavy atom. The number of unbranched alkanes of at least 4 members (excludes halogenated alkanes) is 9. The predicted octanol–water partition coefficient (Wildman–Crippen LogP) is 6.79. The average Bonchev–Trinajstić information content (AvgIpc) is 2.72. The molecule has 4 nitrogen and oxygen atoms in total. The Labute approximate surface area is 177 Å². The van der Waals surface area contributed by atoms with Crippen molar-refractivity contribution in [3.8, 4) is 5.75 Å². The molecule has 0 aliphatic heterocycles. The van der Waals surface area contributed by atoms with Crippen LogP contribution in [0.3, 0.4) is 0 Å². The van der Waals surface area contributed by atoms with Gasteiger partial charge >= 0.3 is 11.9 Å². The van der Waals surface area contributed by atoms with Gasteiger partial charge in [-0.1, -0.05) is 77.3 Å². The molecule has 0 saturated carbocycles. The second-order valence-corrected chi connectivity index (χ2v) is 7.73. The van der Waals surface area contributed by atoms with Crippen LogP contribution in [0, 0.1) is 0 Å². The fraction of sp³-hybridized carbons (Fsp3) is 0.680. The fourth-order valence-electron chi connectivity index (χ4n) is 3.22. The third-order valence-electron chi connectivity index (χ3n) is 5.06. The van der Waals surface area contributed by atoms with Gasteiger partial charge in [0.25, 0.3) is 0 Å². The van der Waals surface area contributed by atoms with E-state index in [0.29, 0.717) is 25.2 Å². The Kier molecular flexibility index (Phi) is 14.8. The Balaban J connectivity index is 1.92. The van der Waals surface area contributed by atoms with Gasteiger partial charge in [0.1, 0.15) is 5.75 Å². The molecular weight excluding hydrogens is 364 g/mol. The number of hydrogen-bond donors (Lipinski definition) is 0. The summed E-state index contributed by atoms with van der Waals surface area (Å²) in [7, 11) is 0. The van der Waals surface area contributed by atoms with Crippen molar-refractivity contribution in [1.29, 1.82) is 0 Å². The van der Waals surface area contributed by atoms with Crippen molar-refractivity contribution in [2.45, 2.75) is 104 Å². The summed E-state index contributed by atoms with van der Waals surface area (Å²) in [6.45, 7) is 4.85. The zero-order valence-electron chi connectivity index (χ0n) is 18.5. The van der Waals surface area contributed by atoms with E-state index in [1.54, 1.807) is 0 Å². The van der Waals surface area contributed by atoms with E-state index in [-0.39, 0.29) is 11.9 Å². The lowest BCUT2D eigenvalue weighted by Gasteiger charge is -2.06. The van der Waals surface area contributed by atoms with Crippen molar-refractivity contribution in [1.82, 2.24) is 0 Å². The van der Waals surface area contributed by atoms with E-state index >= 15 is 0 Å². The summed E-state index contributed by atoms with van der Waals surface area (Å²) in [5, 5.41) is 0. The van der Waals surface area contributed by atoms with Gasteiger partial charge in [-0.25, -0.2) is 0 Å². The van der Waals surface area contributed by atoms with Crippen LogP contribution in [0.25, 0.3) is 0 Å². The number of esters is 2. The van der Waals surface area contributed by atoms with Gasteiger partial charge in [0.2, 0.25) is 0 Å². The molecular formula is C25H40O4. The van der Waals surface area contributed by atoms with Crippen molar-refractivity contribution in [2.75, 3.05) is 6.61 Å². The number of aryl methyl sites for hydroxylation is 1. The molecule has 1 aromatic carbocycles. The Morgan fingerprint density at radius 2 is 1.38 bits per heavy atom. The van der Waals surface area contributed by atoms with Gasteiger partial charge < -0.3 is 9.47 Å². The first-order chi connectivity index (χ1) is 14.2. The predicted molar refractivity (Wildman–Crippen MR) is 118 cm³/mol. The van der Waals surface area contributed by atoms with Crippen molar-refractivity contribution >= 4 is 11.9 Å². The number of rotatable bonds is 17. The van der Waals surface area contributed by atoms with Gasteiger partial charge in [-0.05, 0) is 43.4 Å².